The van der Waals surface area contributed by atoms with Crippen LogP contribution in [0.2, 0.25) is 0 Å². The highest BCUT2D eigenvalue weighted by molar-refractivity contribution is 5.65. The van der Waals surface area contributed by atoms with E-state index in [9.17, 15) is 22.8 Å². The molecule has 1 N–H and O–H groups in total. The van der Waals surface area contributed by atoms with Crippen molar-refractivity contribution in [3.05, 3.63) is 58.3 Å². The lowest BCUT2D eigenvalue weighted by molar-refractivity contribution is -0.138. The Morgan fingerprint density at radius 2 is 1.40 bits per heavy atom. The zero-order valence-electron chi connectivity index (χ0n) is 16.9. The highest BCUT2D eigenvalue weighted by Gasteiger charge is 2.42. The van der Waals surface area contributed by atoms with Crippen LogP contribution < -0.4 is 5.32 Å². The molecule has 0 unspecified atom stereocenters. The van der Waals surface area contributed by atoms with Crippen molar-refractivity contribution in [3.8, 4) is 0 Å². The van der Waals surface area contributed by atoms with Crippen LogP contribution in [-0.4, -0.2) is 25.5 Å². The quantitative estimate of drug-likeness (QED) is 0.644. The Hall–Kier alpha value is -3.17. The number of alkyl halides is 3. The van der Waals surface area contributed by atoms with Crippen LogP contribution in [-0.2, 0) is 25.1 Å². The molecule has 0 atom stereocenters. The minimum Gasteiger partial charge on any atom is -0.434 e. The standard InChI is InChI=1S/C20H22F3NO6/c1-5-27-18(25)29-16-11(3)24-12(4)17(30-19(26)28-6-2)15(16)13-9-7-8-10-14(13)20(21,22)23/h7-10,15,24H,5-6H2,1-4H3. The van der Waals surface area contributed by atoms with E-state index in [1.54, 1.807) is 13.8 Å². The number of hydrogen-bond acceptors (Lipinski definition) is 7. The number of dihydropyridines is 1. The maximum atomic E-state index is 13.7. The number of hydrogen-bond donors (Lipinski definition) is 1. The fraction of sp³-hybridized carbons (Fsp3) is 0.400. The van der Waals surface area contributed by atoms with E-state index in [2.05, 4.69) is 5.32 Å². The van der Waals surface area contributed by atoms with Crippen molar-refractivity contribution in [3.63, 3.8) is 0 Å². The maximum absolute atomic E-state index is 13.7. The zero-order valence-corrected chi connectivity index (χ0v) is 16.9. The van der Waals surface area contributed by atoms with Gasteiger partial charge in [-0.15, -0.1) is 0 Å². The van der Waals surface area contributed by atoms with Crippen LogP contribution in [0.4, 0.5) is 22.8 Å². The summed E-state index contributed by atoms with van der Waals surface area (Å²) in [5.41, 5.74) is -0.700. The molecule has 1 aliphatic rings. The number of carbonyl (C=O) groups excluding carboxylic acids is 2. The van der Waals surface area contributed by atoms with Crippen LogP contribution in [0.25, 0.3) is 0 Å². The summed E-state index contributed by atoms with van der Waals surface area (Å²) in [6, 6.07) is 4.76. The lowest BCUT2D eigenvalue weighted by Crippen LogP contribution is -2.30. The molecule has 0 saturated carbocycles. The summed E-state index contributed by atoms with van der Waals surface area (Å²) in [4.78, 5) is 23.9. The Kier molecular flexibility index (Phi) is 7.36. The molecule has 0 aromatic heterocycles. The first-order valence-corrected chi connectivity index (χ1v) is 9.13. The number of benzene rings is 1. The molecular formula is C20H22F3NO6. The molecule has 1 heterocycles. The molecule has 1 aromatic carbocycles. The lowest BCUT2D eigenvalue weighted by atomic mass is 9.87. The van der Waals surface area contributed by atoms with Gasteiger partial charge >= 0.3 is 18.5 Å². The molecule has 7 nitrogen and oxygen atoms in total. The topological polar surface area (TPSA) is 83.1 Å². The van der Waals surface area contributed by atoms with Crippen LogP contribution in [0.5, 0.6) is 0 Å². The molecule has 10 heteroatoms. The van der Waals surface area contributed by atoms with Gasteiger partial charge in [0.2, 0.25) is 0 Å². The Bertz CT molecular complexity index is 834. The van der Waals surface area contributed by atoms with Gasteiger partial charge in [0, 0.05) is 0 Å². The summed E-state index contributed by atoms with van der Waals surface area (Å²) >= 11 is 0. The van der Waals surface area contributed by atoms with Crippen molar-refractivity contribution in [1.82, 2.24) is 5.32 Å². The van der Waals surface area contributed by atoms with E-state index in [4.69, 9.17) is 18.9 Å². The molecular weight excluding hydrogens is 407 g/mol. The van der Waals surface area contributed by atoms with Crippen molar-refractivity contribution < 1.29 is 41.7 Å². The van der Waals surface area contributed by atoms with E-state index in [0.29, 0.717) is 0 Å². The summed E-state index contributed by atoms with van der Waals surface area (Å²) in [5.74, 6) is -1.72. The molecule has 0 fully saturated rings. The first-order valence-electron chi connectivity index (χ1n) is 9.13. The predicted octanol–water partition coefficient (Wildman–Crippen LogP) is 5.20. The Balaban J connectivity index is 2.65. The van der Waals surface area contributed by atoms with Gasteiger partial charge in [0.1, 0.15) is 17.4 Å². The van der Waals surface area contributed by atoms with Crippen molar-refractivity contribution in [2.45, 2.75) is 39.8 Å². The zero-order chi connectivity index (χ0) is 22.5. The highest BCUT2D eigenvalue weighted by Crippen LogP contribution is 2.44. The fourth-order valence-corrected chi connectivity index (χ4v) is 2.99. The van der Waals surface area contributed by atoms with Gasteiger partial charge in [0.15, 0.2) is 0 Å². The van der Waals surface area contributed by atoms with E-state index in [1.807, 2.05) is 0 Å². The Morgan fingerprint density at radius 3 is 1.83 bits per heavy atom. The summed E-state index contributed by atoms with van der Waals surface area (Å²) < 4.78 is 61.1. The molecule has 0 spiro atoms. The third-order valence-electron chi connectivity index (χ3n) is 4.13. The smallest absolute Gasteiger partial charge is 0.434 e. The van der Waals surface area contributed by atoms with Crippen LogP contribution in [0.1, 0.15) is 44.7 Å². The number of allylic oxidation sites excluding steroid dienone is 2. The van der Waals surface area contributed by atoms with E-state index in [1.165, 1.54) is 32.0 Å². The molecule has 1 aliphatic heterocycles. The van der Waals surface area contributed by atoms with Gasteiger partial charge in [-0.1, -0.05) is 18.2 Å². The van der Waals surface area contributed by atoms with Crippen molar-refractivity contribution in [2.75, 3.05) is 13.2 Å². The molecule has 0 aliphatic carbocycles. The summed E-state index contributed by atoms with van der Waals surface area (Å²) in [6.45, 7) is 6.15. The van der Waals surface area contributed by atoms with Crippen LogP contribution in [0.15, 0.2) is 47.2 Å². The number of rotatable bonds is 5. The molecule has 1 aromatic rings. The fourth-order valence-electron chi connectivity index (χ4n) is 2.99. The van der Waals surface area contributed by atoms with Gasteiger partial charge in [-0.05, 0) is 39.3 Å². The van der Waals surface area contributed by atoms with Gasteiger partial charge in [-0.3, -0.25) is 0 Å². The average Bonchev–Trinajstić information content (AvgIpc) is 2.65. The Morgan fingerprint density at radius 1 is 0.933 bits per heavy atom. The summed E-state index contributed by atoms with van der Waals surface area (Å²) in [5, 5.41) is 2.84. The number of halogens is 3. The monoisotopic (exact) mass is 429 g/mol. The molecule has 0 saturated heterocycles. The molecule has 2 rings (SSSR count). The lowest BCUT2D eigenvalue weighted by Gasteiger charge is -2.31. The van der Waals surface area contributed by atoms with Crippen LogP contribution in [0, 0.1) is 0 Å². The van der Waals surface area contributed by atoms with Gasteiger partial charge in [-0.2, -0.15) is 13.2 Å². The van der Waals surface area contributed by atoms with Gasteiger partial charge in [0.25, 0.3) is 0 Å². The number of nitrogens with one attached hydrogen (secondary N) is 1. The van der Waals surface area contributed by atoms with E-state index in [-0.39, 0.29) is 41.7 Å². The van der Waals surface area contributed by atoms with E-state index < -0.39 is 30.0 Å². The van der Waals surface area contributed by atoms with Gasteiger partial charge in [0.05, 0.1) is 30.2 Å². The normalized spacial score (nSPS) is 14.9. The van der Waals surface area contributed by atoms with E-state index in [0.717, 1.165) is 6.07 Å². The summed E-state index contributed by atoms with van der Waals surface area (Å²) in [7, 11) is 0. The van der Waals surface area contributed by atoms with Crippen LogP contribution >= 0.6 is 0 Å². The van der Waals surface area contributed by atoms with Crippen molar-refractivity contribution >= 4 is 12.3 Å². The van der Waals surface area contributed by atoms with Crippen LogP contribution in [0.3, 0.4) is 0 Å². The maximum Gasteiger partial charge on any atom is 0.513 e. The van der Waals surface area contributed by atoms with E-state index >= 15 is 0 Å². The molecule has 0 bridgehead atoms. The summed E-state index contributed by atoms with van der Waals surface area (Å²) in [6.07, 6.45) is -6.90. The number of carbonyl (C=O) groups is 2. The Labute approximate surface area is 171 Å². The first-order chi connectivity index (χ1) is 14.1. The SMILES string of the molecule is CCOC(=O)OC1=C(C)NC(C)=C(OC(=O)OCC)C1c1ccccc1C(F)(F)F. The average molecular weight is 429 g/mol. The third-order valence-corrected chi connectivity index (χ3v) is 4.13. The number of ether oxygens (including phenoxy) is 4. The highest BCUT2D eigenvalue weighted by atomic mass is 19.4. The minimum atomic E-state index is -4.70. The molecule has 0 amide bonds. The molecule has 164 valence electrons. The minimum absolute atomic E-state index is 0.00342. The second-order valence-corrected chi connectivity index (χ2v) is 6.19. The largest absolute Gasteiger partial charge is 0.513 e. The molecule has 0 radical (unpaired) electrons. The van der Waals surface area contributed by atoms with Gasteiger partial charge in [-0.25, -0.2) is 9.59 Å². The molecule has 30 heavy (non-hydrogen) atoms. The van der Waals surface area contributed by atoms with Crippen molar-refractivity contribution in [2.24, 2.45) is 0 Å². The third kappa shape index (κ3) is 5.25. The van der Waals surface area contributed by atoms with Crippen molar-refractivity contribution in [1.29, 1.82) is 0 Å². The first kappa shape index (κ1) is 23.1. The predicted molar refractivity (Wildman–Crippen MR) is 98.9 cm³/mol. The van der Waals surface area contributed by atoms with Gasteiger partial charge < -0.3 is 24.3 Å². The second-order valence-electron chi connectivity index (χ2n) is 6.19. The second kappa shape index (κ2) is 9.55.